The number of fused-ring (bicyclic) bond motifs is 5. The molecule has 3 aromatic rings. The van der Waals surface area contributed by atoms with Crippen LogP contribution in [0.15, 0.2) is 24.4 Å². The molecule has 0 atom stereocenters. The van der Waals surface area contributed by atoms with E-state index < -0.39 is 0 Å². The Kier molecular flexibility index (Phi) is 5.42. The van der Waals surface area contributed by atoms with Crippen molar-refractivity contribution in [3.05, 3.63) is 35.5 Å². The minimum atomic E-state index is 0. The fraction of sp³-hybridized carbons (Fsp3) is 0.286. The minimum absolute atomic E-state index is 0. The molecule has 0 unspecified atom stereocenters. The molecule has 0 saturated heterocycles. The second kappa shape index (κ2) is 7.64. The molecule has 6 nitrogen and oxygen atoms in total. The van der Waals surface area contributed by atoms with Crippen LogP contribution in [0, 0.1) is 0 Å². The molecule has 0 bridgehead atoms. The molecule has 1 aromatic heterocycles. The van der Waals surface area contributed by atoms with E-state index in [1.165, 1.54) is 5.56 Å². The molecule has 148 valence electrons. The van der Waals surface area contributed by atoms with E-state index in [1.54, 1.807) is 35.5 Å². The Labute approximate surface area is 169 Å². The van der Waals surface area contributed by atoms with Gasteiger partial charge in [-0.15, -0.1) is 0 Å². The second-order valence-electron chi connectivity index (χ2n) is 6.29. The zero-order valence-electron chi connectivity index (χ0n) is 16.4. The van der Waals surface area contributed by atoms with Crippen molar-refractivity contribution in [1.82, 2.24) is 0 Å². The monoisotopic (exact) mass is 403 g/mol. The summed E-state index contributed by atoms with van der Waals surface area (Å²) in [6.07, 6.45) is 2.72. The molecule has 0 spiro atoms. The number of ether oxygens (including phenoxy) is 5. The third-order valence-corrected chi connectivity index (χ3v) is 5.08. The SMILES string of the molecule is COc1cc2c(cc1OC)-c1[nH+]cc3cc(OC)c(OC)c(OC)c3c1C2.[Cl-]. The number of methoxy groups -OCH3 is 5. The standard InChI is InChI=1S/C21H21NO5.ClH/c1-23-15-7-11-6-14-18-12(8-17(25-3)20(26-4)21(18)27-5)10-22-19(14)13(11)9-16(15)24-2;/h7-10H,6H2,1-5H3;1H. The Morgan fingerprint density at radius 3 is 2.00 bits per heavy atom. The van der Waals surface area contributed by atoms with Crippen molar-refractivity contribution in [2.24, 2.45) is 0 Å². The van der Waals surface area contributed by atoms with Gasteiger partial charge in [-0.3, -0.25) is 0 Å². The Hall–Kier alpha value is -2.86. The summed E-state index contributed by atoms with van der Waals surface area (Å²) in [6.45, 7) is 0. The van der Waals surface area contributed by atoms with E-state index in [2.05, 4.69) is 4.98 Å². The van der Waals surface area contributed by atoms with Crippen LogP contribution < -0.4 is 41.1 Å². The highest BCUT2D eigenvalue weighted by atomic mass is 35.5. The van der Waals surface area contributed by atoms with Gasteiger partial charge in [0.15, 0.2) is 29.2 Å². The summed E-state index contributed by atoms with van der Waals surface area (Å²) in [5, 5.41) is 2.01. The molecule has 0 aliphatic heterocycles. The third-order valence-electron chi connectivity index (χ3n) is 5.08. The van der Waals surface area contributed by atoms with Gasteiger partial charge in [-0.1, -0.05) is 0 Å². The maximum Gasteiger partial charge on any atom is 0.215 e. The normalized spacial score (nSPS) is 11.3. The first-order valence-electron chi connectivity index (χ1n) is 8.58. The number of aromatic nitrogens is 1. The van der Waals surface area contributed by atoms with Gasteiger partial charge in [-0.05, 0) is 23.8 Å². The number of rotatable bonds is 5. The predicted octanol–water partition coefficient (Wildman–Crippen LogP) is 0.272. The lowest BCUT2D eigenvalue weighted by atomic mass is 10.0. The molecule has 0 saturated carbocycles. The van der Waals surface area contributed by atoms with E-state index in [-0.39, 0.29) is 12.4 Å². The fourth-order valence-electron chi connectivity index (χ4n) is 3.87. The quantitative estimate of drug-likeness (QED) is 0.479. The van der Waals surface area contributed by atoms with Crippen molar-refractivity contribution in [2.45, 2.75) is 6.42 Å². The summed E-state index contributed by atoms with van der Waals surface area (Å²) >= 11 is 0. The fourth-order valence-corrected chi connectivity index (χ4v) is 3.87. The van der Waals surface area contributed by atoms with Crippen LogP contribution in [0.4, 0.5) is 0 Å². The van der Waals surface area contributed by atoms with Crippen LogP contribution in [0.1, 0.15) is 11.1 Å². The van der Waals surface area contributed by atoms with Gasteiger partial charge in [0.05, 0.1) is 46.5 Å². The predicted molar refractivity (Wildman–Crippen MR) is 102 cm³/mol. The van der Waals surface area contributed by atoms with Gasteiger partial charge in [0.2, 0.25) is 11.4 Å². The summed E-state index contributed by atoms with van der Waals surface area (Å²) in [5.74, 6) is 3.32. The number of halogens is 1. The first kappa shape index (κ1) is 19.9. The highest BCUT2D eigenvalue weighted by molar-refractivity contribution is 5.99. The first-order chi connectivity index (χ1) is 13.2. The number of hydrogen-bond donors (Lipinski definition) is 0. The van der Waals surface area contributed by atoms with Crippen LogP contribution >= 0.6 is 0 Å². The van der Waals surface area contributed by atoms with Crippen LogP contribution in [0.2, 0.25) is 0 Å². The summed E-state index contributed by atoms with van der Waals surface area (Å²) in [6, 6.07) is 5.99. The molecular formula is C21H22ClNO5. The van der Waals surface area contributed by atoms with Crippen molar-refractivity contribution < 1.29 is 41.1 Å². The molecule has 28 heavy (non-hydrogen) atoms. The van der Waals surface area contributed by atoms with Crippen molar-refractivity contribution in [1.29, 1.82) is 0 Å². The average Bonchev–Trinajstić information content (AvgIpc) is 3.08. The smallest absolute Gasteiger partial charge is 0.215 e. The van der Waals surface area contributed by atoms with Gasteiger partial charge in [0.1, 0.15) is 0 Å². The Morgan fingerprint density at radius 1 is 0.750 bits per heavy atom. The maximum absolute atomic E-state index is 5.74. The Balaban J connectivity index is 0.00000225. The summed E-state index contributed by atoms with van der Waals surface area (Å²) in [7, 11) is 8.17. The summed E-state index contributed by atoms with van der Waals surface area (Å²) in [5.41, 5.74) is 4.46. The Morgan fingerprint density at radius 2 is 1.39 bits per heavy atom. The molecule has 0 amide bonds. The lowest BCUT2D eigenvalue weighted by molar-refractivity contribution is -0.362. The van der Waals surface area contributed by atoms with Crippen molar-refractivity contribution in [3.63, 3.8) is 0 Å². The van der Waals surface area contributed by atoms with Crippen molar-refractivity contribution in [2.75, 3.05) is 35.5 Å². The third kappa shape index (κ3) is 2.76. The number of benzene rings is 2. The van der Waals surface area contributed by atoms with E-state index >= 15 is 0 Å². The van der Waals surface area contributed by atoms with Gasteiger partial charge in [-0.25, -0.2) is 4.98 Å². The van der Waals surface area contributed by atoms with Crippen molar-refractivity contribution >= 4 is 10.8 Å². The molecule has 1 aliphatic rings. The van der Waals surface area contributed by atoms with Crippen LogP contribution in [0.25, 0.3) is 22.0 Å². The number of hydrogen-bond acceptors (Lipinski definition) is 5. The molecule has 1 N–H and O–H groups in total. The molecule has 2 aromatic carbocycles. The number of aromatic amines is 1. The van der Waals surface area contributed by atoms with Gasteiger partial charge in [-0.2, -0.15) is 0 Å². The van der Waals surface area contributed by atoms with Crippen LogP contribution in [-0.4, -0.2) is 35.5 Å². The van der Waals surface area contributed by atoms with Crippen LogP contribution in [0.5, 0.6) is 28.7 Å². The molecule has 0 radical (unpaired) electrons. The lowest BCUT2D eigenvalue weighted by Crippen LogP contribution is -3.00. The zero-order chi connectivity index (χ0) is 19.1. The van der Waals surface area contributed by atoms with E-state index in [9.17, 15) is 0 Å². The highest BCUT2D eigenvalue weighted by Gasteiger charge is 2.31. The van der Waals surface area contributed by atoms with Gasteiger partial charge in [0, 0.05) is 17.4 Å². The molecule has 7 heteroatoms. The van der Waals surface area contributed by atoms with Gasteiger partial charge < -0.3 is 36.1 Å². The zero-order valence-corrected chi connectivity index (χ0v) is 17.2. The van der Waals surface area contributed by atoms with E-state index in [4.69, 9.17) is 23.7 Å². The van der Waals surface area contributed by atoms with Crippen LogP contribution in [-0.2, 0) is 6.42 Å². The maximum atomic E-state index is 5.74. The first-order valence-corrected chi connectivity index (χ1v) is 8.58. The minimum Gasteiger partial charge on any atom is -1.00 e. The number of pyridine rings is 1. The lowest BCUT2D eigenvalue weighted by Gasteiger charge is -2.15. The highest BCUT2D eigenvalue weighted by Crippen LogP contribution is 2.49. The summed E-state index contributed by atoms with van der Waals surface area (Å²) < 4.78 is 27.7. The van der Waals surface area contributed by atoms with Crippen LogP contribution in [0.3, 0.4) is 0 Å². The average molecular weight is 404 g/mol. The molecular weight excluding hydrogens is 382 g/mol. The van der Waals surface area contributed by atoms with E-state index in [1.807, 2.05) is 24.4 Å². The summed E-state index contributed by atoms with van der Waals surface area (Å²) in [4.78, 5) is 3.43. The van der Waals surface area contributed by atoms with E-state index in [0.717, 1.165) is 39.8 Å². The molecule has 1 heterocycles. The topological polar surface area (TPSA) is 60.3 Å². The largest absolute Gasteiger partial charge is 1.00 e. The molecule has 0 fully saturated rings. The molecule has 1 aliphatic carbocycles. The van der Waals surface area contributed by atoms with Crippen molar-refractivity contribution in [3.8, 4) is 40.0 Å². The Bertz CT molecular complexity index is 1050. The molecule has 4 rings (SSSR count). The number of nitrogens with one attached hydrogen (secondary N) is 1. The second-order valence-corrected chi connectivity index (χ2v) is 6.29. The van der Waals surface area contributed by atoms with Gasteiger partial charge in [0.25, 0.3) is 0 Å². The van der Waals surface area contributed by atoms with Gasteiger partial charge >= 0.3 is 0 Å². The number of H-pyrrole nitrogens is 1. The van der Waals surface area contributed by atoms with E-state index in [0.29, 0.717) is 23.0 Å².